The van der Waals surface area contributed by atoms with Crippen LogP contribution in [0.1, 0.15) is 54.1 Å². The monoisotopic (exact) mass is 399 g/mol. The normalized spacial score (nSPS) is 16.0. The molecule has 1 N–H and O–H groups in total. The fourth-order valence-electron chi connectivity index (χ4n) is 3.91. The number of rotatable bonds is 5. The van der Waals surface area contributed by atoms with Gasteiger partial charge in [0.25, 0.3) is 0 Å². The number of para-hydroxylation sites is 1. The van der Waals surface area contributed by atoms with E-state index in [9.17, 15) is 18.0 Å². The van der Waals surface area contributed by atoms with E-state index in [4.69, 9.17) is 0 Å². The third-order valence-electron chi connectivity index (χ3n) is 5.53. The lowest BCUT2D eigenvalue weighted by Crippen LogP contribution is -2.47. The summed E-state index contributed by atoms with van der Waals surface area (Å²) < 4.78 is 25.8. The van der Waals surface area contributed by atoms with Gasteiger partial charge in [-0.05, 0) is 62.9 Å². The van der Waals surface area contributed by atoms with Gasteiger partial charge in [-0.1, -0.05) is 37.1 Å². The van der Waals surface area contributed by atoms with Crippen LogP contribution in [0.15, 0.2) is 47.4 Å². The zero-order valence-electron chi connectivity index (χ0n) is 16.4. The van der Waals surface area contributed by atoms with E-state index in [1.165, 1.54) is 6.92 Å². The summed E-state index contributed by atoms with van der Waals surface area (Å²) in [6.45, 7) is 5.00. The Bertz CT molecular complexity index is 1030. The van der Waals surface area contributed by atoms with E-state index in [0.717, 1.165) is 5.56 Å². The SMILES string of the molecule is CC(=O)c1ccccc1NC(=O)C1(S(=O)(=O)c2cc(C)ccc2C)CCCC1. The highest BCUT2D eigenvalue weighted by molar-refractivity contribution is 7.93. The second-order valence-electron chi connectivity index (χ2n) is 7.53. The number of benzene rings is 2. The molecule has 0 atom stereocenters. The van der Waals surface area contributed by atoms with Crippen molar-refractivity contribution in [2.75, 3.05) is 5.32 Å². The topological polar surface area (TPSA) is 80.3 Å². The van der Waals surface area contributed by atoms with Crippen molar-refractivity contribution in [3.63, 3.8) is 0 Å². The van der Waals surface area contributed by atoms with Gasteiger partial charge in [0.1, 0.15) is 0 Å². The third-order valence-corrected chi connectivity index (χ3v) is 8.17. The average Bonchev–Trinajstić information content (AvgIpc) is 3.15. The Morgan fingerprint density at radius 1 is 1.00 bits per heavy atom. The van der Waals surface area contributed by atoms with Gasteiger partial charge in [0.2, 0.25) is 5.91 Å². The third kappa shape index (κ3) is 3.37. The van der Waals surface area contributed by atoms with Gasteiger partial charge < -0.3 is 5.32 Å². The van der Waals surface area contributed by atoms with Gasteiger partial charge in [-0.3, -0.25) is 9.59 Å². The number of carbonyl (C=O) groups excluding carboxylic acids is 2. The molecule has 5 nitrogen and oxygen atoms in total. The first kappa shape index (κ1) is 20.3. The first-order valence-electron chi connectivity index (χ1n) is 9.42. The Labute approximate surface area is 166 Å². The molecule has 1 saturated carbocycles. The number of nitrogens with one attached hydrogen (secondary N) is 1. The zero-order valence-corrected chi connectivity index (χ0v) is 17.2. The van der Waals surface area contributed by atoms with Crippen molar-refractivity contribution in [3.05, 3.63) is 59.2 Å². The van der Waals surface area contributed by atoms with Crippen molar-refractivity contribution in [2.24, 2.45) is 0 Å². The van der Waals surface area contributed by atoms with Crippen molar-refractivity contribution >= 4 is 27.2 Å². The van der Waals surface area contributed by atoms with Crippen LogP contribution in [0.4, 0.5) is 5.69 Å². The van der Waals surface area contributed by atoms with Crippen molar-refractivity contribution in [3.8, 4) is 0 Å². The average molecular weight is 400 g/mol. The number of ketones is 1. The smallest absolute Gasteiger partial charge is 0.246 e. The number of anilines is 1. The molecule has 1 amide bonds. The van der Waals surface area contributed by atoms with Gasteiger partial charge in [-0.25, -0.2) is 8.42 Å². The van der Waals surface area contributed by atoms with Crippen LogP contribution in [0.2, 0.25) is 0 Å². The molecule has 0 radical (unpaired) electrons. The van der Waals surface area contributed by atoms with E-state index in [1.54, 1.807) is 43.3 Å². The van der Waals surface area contributed by atoms with Gasteiger partial charge in [-0.15, -0.1) is 0 Å². The fourth-order valence-corrected chi connectivity index (χ4v) is 6.28. The van der Waals surface area contributed by atoms with E-state index in [-0.39, 0.29) is 23.5 Å². The minimum atomic E-state index is -3.90. The van der Waals surface area contributed by atoms with E-state index in [2.05, 4.69) is 5.32 Å². The number of carbonyl (C=O) groups is 2. The maximum atomic E-state index is 13.7. The van der Waals surface area contributed by atoms with Crippen LogP contribution >= 0.6 is 0 Å². The van der Waals surface area contributed by atoms with Crippen molar-refractivity contribution in [1.29, 1.82) is 0 Å². The predicted molar refractivity (Wildman–Crippen MR) is 109 cm³/mol. The highest BCUT2D eigenvalue weighted by Gasteiger charge is 2.53. The Hall–Kier alpha value is -2.47. The van der Waals surface area contributed by atoms with Crippen molar-refractivity contribution in [2.45, 2.75) is 56.1 Å². The second-order valence-corrected chi connectivity index (χ2v) is 9.76. The molecule has 2 aromatic carbocycles. The molecule has 3 rings (SSSR count). The highest BCUT2D eigenvalue weighted by Crippen LogP contribution is 2.42. The number of hydrogen-bond acceptors (Lipinski definition) is 4. The molecular formula is C22H25NO4S. The minimum absolute atomic E-state index is 0.186. The number of hydrogen-bond donors (Lipinski definition) is 1. The lowest BCUT2D eigenvalue weighted by molar-refractivity contribution is -0.118. The maximum absolute atomic E-state index is 13.7. The van der Waals surface area contributed by atoms with Crippen LogP contribution in [-0.2, 0) is 14.6 Å². The molecule has 0 bridgehead atoms. The van der Waals surface area contributed by atoms with E-state index in [0.29, 0.717) is 29.7 Å². The summed E-state index contributed by atoms with van der Waals surface area (Å²) in [7, 11) is -3.90. The molecule has 0 heterocycles. The number of sulfone groups is 1. The minimum Gasteiger partial charge on any atom is -0.324 e. The Kier molecular flexibility index (Phi) is 5.44. The van der Waals surface area contributed by atoms with Gasteiger partial charge in [0.15, 0.2) is 20.4 Å². The maximum Gasteiger partial charge on any atom is 0.246 e. The summed E-state index contributed by atoms with van der Waals surface area (Å²) in [6, 6.07) is 11.9. The van der Waals surface area contributed by atoms with Crippen LogP contribution in [0.3, 0.4) is 0 Å². The molecule has 1 aliphatic rings. The van der Waals surface area contributed by atoms with Crippen LogP contribution in [0.25, 0.3) is 0 Å². The largest absolute Gasteiger partial charge is 0.324 e. The van der Waals surface area contributed by atoms with E-state index >= 15 is 0 Å². The van der Waals surface area contributed by atoms with Gasteiger partial charge in [0, 0.05) is 5.56 Å². The van der Waals surface area contributed by atoms with Crippen LogP contribution in [0.5, 0.6) is 0 Å². The molecule has 148 valence electrons. The molecule has 28 heavy (non-hydrogen) atoms. The molecule has 6 heteroatoms. The quantitative estimate of drug-likeness (QED) is 0.763. The lowest BCUT2D eigenvalue weighted by atomic mass is 10.0. The molecule has 1 fully saturated rings. The van der Waals surface area contributed by atoms with E-state index in [1.807, 2.05) is 13.0 Å². The molecule has 0 unspecified atom stereocenters. The van der Waals surface area contributed by atoms with Crippen LogP contribution < -0.4 is 5.32 Å². The summed E-state index contributed by atoms with van der Waals surface area (Å²) in [6.07, 6.45) is 1.89. The lowest BCUT2D eigenvalue weighted by Gasteiger charge is -2.29. The first-order valence-corrected chi connectivity index (χ1v) is 10.9. The molecule has 2 aromatic rings. The van der Waals surface area contributed by atoms with Gasteiger partial charge in [0.05, 0.1) is 10.6 Å². The summed E-state index contributed by atoms with van der Waals surface area (Å²) >= 11 is 0. The summed E-state index contributed by atoms with van der Waals surface area (Å²) in [5.41, 5.74) is 2.18. The summed E-state index contributed by atoms with van der Waals surface area (Å²) in [5, 5.41) is 2.75. The number of Topliss-reactive ketones (excluding diaryl/α,β-unsaturated/α-hetero) is 1. The van der Waals surface area contributed by atoms with Crippen LogP contribution in [0, 0.1) is 13.8 Å². The summed E-state index contributed by atoms with van der Waals surface area (Å²) in [5.74, 6) is -0.742. The first-order chi connectivity index (χ1) is 13.2. The van der Waals surface area contributed by atoms with E-state index < -0.39 is 20.5 Å². The molecule has 0 aliphatic heterocycles. The van der Waals surface area contributed by atoms with Gasteiger partial charge in [-0.2, -0.15) is 0 Å². The number of amides is 1. The molecule has 0 spiro atoms. The molecular weight excluding hydrogens is 374 g/mol. The molecule has 0 saturated heterocycles. The fraction of sp³-hybridized carbons (Fsp3) is 0.364. The number of aryl methyl sites for hydroxylation is 2. The standard InChI is InChI=1S/C22H25NO4S/c1-15-10-11-16(2)20(14-15)28(26,27)22(12-6-7-13-22)21(25)23-19-9-5-4-8-18(19)17(3)24/h4-5,8-11,14H,6-7,12-13H2,1-3H3,(H,23,25). The molecule has 1 aliphatic carbocycles. The second kappa shape index (κ2) is 7.51. The van der Waals surface area contributed by atoms with Gasteiger partial charge >= 0.3 is 0 Å². The van der Waals surface area contributed by atoms with Crippen molar-refractivity contribution in [1.82, 2.24) is 0 Å². The molecule has 0 aromatic heterocycles. The highest BCUT2D eigenvalue weighted by atomic mass is 32.2. The summed E-state index contributed by atoms with van der Waals surface area (Å²) in [4.78, 5) is 25.4. The predicted octanol–water partition coefficient (Wildman–Crippen LogP) is 4.23. The Morgan fingerprint density at radius 3 is 2.29 bits per heavy atom. The van der Waals surface area contributed by atoms with Crippen molar-refractivity contribution < 1.29 is 18.0 Å². The van der Waals surface area contributed by atoms with Crippen LogP contribution in [-0.4, -0.2) is 24.9 Å². The Balaban J connectivity index is 2.07. The Morgan fingerprint density at radius 2 is 1.64 bits per heavy atom. The zero-order chi connectivity index (χ0) is 20.5.